The minimum absolute atomic E-state index is 0.0835. The van der Waals surface area contributed by atoms with E-state index < -0.39 is 12.1 Å². The molecule has 0 radical (unpaired) electrons. The van der Waals surface area contributed by atoms with Crippen LogP contribution in [0.15, 0.2) is 182 Å². The summed E-state index contributed by atoms with van der Waals surface area (Å²) >= 11 is 0. The van der Waals surface area contributed by atoms with Crippen LogP contribution in [0.4, 0.5) is 0 Å². The van der Waals surface area contributed by atoms with E-state index in [0.717, 1.165) is 141 Å². The third-order valence-corrected chi connectivity index (χ3v) is 11.9. The molecule has 0 aliphatic heterocycles. The van der Waals surface area contributed by atoms with Crippen molar-refractivity contribution in [3.63, 3.8) is 0 Å². The van der Waals surface area contributed by atoms with Gasteiger partial charge in [0.1, 0.15) is 13.2 Å². The summed E-state index contributed by atoms with van der Waals surface area (Å²) in [5.41, 5.74) is 0. The van der Waals surface area contributed by atoms with E-state index in [-0.39, 0.29) is 31.6 Å². The summed E-state index contributed by atoms with van der Waals surface area (Å²) in [7, 11) is 0. The molecule has 0 rings (SSSR count). The van der Waals surface area contributed by atoms with E-state index in [4.69, 9.17) is 14.2 Å². The fourth-order valence-electron chi connectivity index (χ4n) is 7.49. The van der Waals surface area contributed by atoms with Gasteiger partial charge in [0.05, 0.1) is 6.42 Å². The molecule has 0 aromatic heterocycles. The van der Waals surface area contributed by atoms with Crippen molar-refractivity contribution >= 4 is 17.9 Å². The van der Waals surface area contributed by atoms with Crippen molar-refractivity contribution in [2.75, 3.05) is 13.2 Å². The second-order valence-corrected chi connectivity index (χ2v) is 19.2. The molecule has 0 aliphatic carbocycles. The summed E-state index contributed by atoms with van der Waals surface area (Å²) in [6, 6.07) is 0. The number of hydrogen-bond acceptors (Lipinski definition) is 6. The predicted molar refractivity (Wildman–Crippen MR) is 334 cm³/mol. The van der Waals surface area contributed by atoms with Crippen LogP contribution in [0, 0.1) is 0 Å². The first-order valence-corrected chi connectivity index (χ1v) is 30.3. The standard InChI is InChI=1S/C71H108O6/c1-4-7-10-13-16-19-21-23-25-26-27-28-29-30-31-32-33-34-35-36-37-38-39-40-41-42-43-44-46-47-49-52-55-58-61-64-70(73)76-67-68(66-75-69(72)63-60-57-54-51-18-15-12-9-6-3)77-71(74)65-62-59-56-53-50-48-45-24-22-20-17-14-11-8-5-2/h7-8,10-11,16-17,19-20,23-25,27-28,30-31,33-34,36-37,39-40,42-43,45-47,50,53,59,62,68H,4-6,9,12-15,18,21-22,26,29,32,35,38,41,44,48-49,51-52,54-58,60-61,63-67H2,1-3H3/b10-7-,11-8-,19-16-,20-17-,25-23-,28-27-,31-30-,34-33-,37-36-,40-39-,43-42-,45-24-,47-46-,53-50-,62-59-. The van der Waals surface area contributed by atoms with Crippen molar-refractivity contribution in [1.29, 1.82) is 0 Å². The SMILES string of the molecule is CC/C=C\C/C=C\C/C=C\C/C=C\C/C=C\C/C=C\C/C=C\C/C=C\C/C=C\C/C=C\CCCCCCC(=O)OCC(COC(=O)CCCCCCCCCCC)OC(=O)C/C=C\C/C=C\C/C=C\C/C=C\C/C=C\CC. The van der Waals surface area contributed by atoms with Crippen molar-refractivity contribution < 1.29 is 28.6 Å². The highest BCUT2D eigenvalue weighted by Gasteiger charge is 2.19. The quantitative estimate of drug-likeness (QED) is 0.0261. The van der Waals surface area contributed by atoms with Crippen molar-refractivity contribution in [2.24, 2.45) is 0 Å². The Balaban J connectivity index is 4.33. The van der Waals surface area contributed by atoms with E-state index in [0.29, 0.717) is 19.3 Å². The van der Waals surface area contributed by atoms with Crippen LogP contribution in [0.3, 0.4) is 0 Å². The van der Waals surface area contributed by atoms with Gasteiger partial charge in [0.15, 0.2) is 6.10 Å². The van der Waals surface area contributed by atoms with Crippen LogP contribution in [0.2, 0.25) is 0 Å². The monoisotopic (exact) mass is 1060 g/mol. The molecule has 0 heterocycles. The van der Waals surface area contributed by atoms with Crippen LogP contribution in [-0.4, -0.2) is 37.2 Å². The lowest BCUT2D eigenvalue weighted by atomic mass is 10.1. The summed E-state index contributed by atoms with van der Waals surface area (Å²) in [6.07, 6.45) is 95.1. The van der Waals surface area contributed by atoms with Crippen LogP contribution in [0.25, 0.3) is 0 Å². The molecule has 1 unspecified atom stereocenters. The van der Waals surface area contributed by atoms with E-state index in [9.17, 15) is 14.4 Å². The number of unbranched alkanes of at least 4 members (excludes halogenated alkanes) is 12. The number of carbonyl (C=O) groups excluding carboxylic acids is 3. The van der Waals surface area contributed by atoms with Gasteiger partial charge < -0.3 is 14.2 Å². The molecular weight excluding hydrogens is 949 g/mol. The maximum absolute atomic E-state index is 12.8. The minimum Gasteiger partial charge on any atom is -0.462 e. The molecule has 428 valence electrons. The molecule has 0 saturated heterocycles. The van der Waals surface area contributed by atoms with Crippen LogP contribution >= 0.6 is 0 Å². The Kier molecular flexibility index (Phi) is 58.6. The largest absolute Gasteiger partial charge is 0.462 e. The Morgan fingerprint density at radius 1 is 0.286 bits per heavy atom. The zero-order valence-electron chi connectivity index (χ0n) is 48.9. The molecule has 77 heavy (non-hydrogen) atoms. The van der Waals surface area contributed by atoms with Gasteiger partial charge in [0.2, 0.25) is 0 Å². The average Bonchev–Trinajstić information content (AvgIpc) is 3.43. The van der Waals surface area contributed by atoms with E-state index in [1.165, 1.54) is 38.5 Å². The van der Waals surface area contributed by atoms with Crippen LogP contribution < -0.4 is 0 Å². The molecule has 0 aromatic rings. The number of esters is 3. The predicted octanol–water partition coefficient (Wildman–Crippen LogP) is 20.9. The molecule has 0 amide bonds. The number of ether oxygens (including phenoxy) is 3. The highest BCUT2D eigenvalue weighted by molar-refractivity contribution is 5.72. The van der Waals surface area contributed by atoms with Gasteiger partial charge in [-0.15, -0.1) is 0 Å². The molecule has 6 heteroatoms. The van der Waals surface area contributed by atoms with Gasteiger partial charge in [-0.3, -0.25) is 14.4 Å². The maximum Gasteiger partial charge on any atom is 0.310 e. The van der Waals surface area contributed by atoms with E-state index >= 15 is 0 Å². The van der Waals surface area contributed by atoms with Gasteiger partial charge in [-0.1, -0.05) is 267 Å². The Hall–Kier alpha value is -5.49. The lowest BCUT2D eigenvalue weighted by Crippen LogP contribution is -2.30. The van der Waals surface area contributed by atoms with Crippen LogP contribution in [0.5, 0.6) is 0 Å². The molecule has 0 aromatic carbocycles. The van der Waals surface area contributed by atoms with Gasteiger partial charge in [-0.2, -0.15) is 0 Å². The normalized spacial score (nSPS) is 13.4. The zero-order chi connectivity index (χ0) is 55.7. The van der Waals surface area contributed by atoms with Crippen molar-refractivity contribution in [1.82, 2.24) is 0 Å². The average molecular weight is 1060 g/mol. The third kappa shape index (κ3) is 61.2. The van der Waals surface area contributed by atoms with E-state index in [2.05, 4.69) is 191 Å². The summed E-state index contributed by atoms with van der Waals surface area (Å²) < 4.78 is 16.7. The van der Waals surface area contributed by atoms with Crippen LogP contribution in [0.1, 0.15) is 226 Å². The molecule has 0 aliphatic rings. The number of allylic oxidation sites excluding steroid dienone is 29. The van der Waals surface area contributed by atoms with Gasteiger partial charge in [-0.25, -0.2) is 0 Å². The molecule has 0 saturated carbocycles. The molecule has 1 atom stereocenters. The topological polar surface area (TPSA) is 78.9 Å². The van der Waals surface area contributed by atoms with E-state index in [1.54, 1.807) is 6.08 Å². The van der Waals surface area contributed by atoms with Crippen LogP contribution in [-0.2, 0) is 28.6 Å². The fourth-order valence-corrected chi connectivity index (χ4v) is 7.49. The van der Waals surface area contributed by atoms with Gasteiger partial charge in [-0.05, 0) is 122 Å². The highest BCUT2D eigenvalue weighted by atomic mass is 16.6. The number of rotatable bonds is 52. The van der Waals surface area contributed by atoms with Crippen molar-refractivity contribution in [2.45, 2.75) is 232 Å². The van der Waals surface area contributed by atoms with E-state index in [1.807, 2.05) is 6.08 Å². The first kappa shape index (κ1) is 71.5. The van der Waals surface area contributed by atoms with Gasteiger partial charge >= 0.3 is 17.9 Å². The van der Waals surface area contributed by atoms with Gasteiger partial charge in [0, 0.05) is 12.8 Å². The Morgan fingerprint density at radius 3 is 0.857 bits per heavy atom. The summed E-state index contributed by atoms with van der Waals surface area (Å²) in [5.74, 6) is -1.10. The smallest absolute Gasteiger partial charge is 0.310 e. The lowest BCUT2D eigenvalue weighted by molar-refractivity contribution is -0.166. The lowest BCUT2D eigenvalue weighted by Gasteiger charge is -2.18. The summed E-state index contributed by atoms with van der Waals surface area (Å²) in [6.45, 7) is 6.26. The first-order chi connectivity index (χ1) is 38.0. The Bertz CT molecular complexity index is 1840. The molecular formula is C71H108O6. The maximum atomic E-state index is 12.8. The molecule has 0 spiro atoms. The second kappa shape index (κ2) is 63.0. The highest BCUT2D eigenvalue weighted by Crippen LogP contribution is 2.12. The Morgan fingerprint density at radius 2 is 0.545 bits per heavy atom. The summed E-state index contributed by atoms with van der Waals surface area (Å²) in [4.78, 5) is 38.0. The third-order valence-electron chi connectivity index (χ3n) is 11.9. The van der Waals surface area contributed by atoms with Gasteiger partial charge in [0.25, 0.3) is 0 Å². The minimum atomic E-state index is -0.850. The van der Waals surface area contributed by atoms with Crippen molar-refractivity contribution in [3.05, 3.63) is 182 Å². The molecule has 6 nitrogen and oxygen atoms in total. The Labute approximate surface area is 472 Å². The second-order valence-electron chi connectivity index (χ2n) is 19.2. The summed E-state index contributed by atoms with van der Waals surface area (Å²) in [5, 5.41) is 0. The fraction of sp³-hybridized carbons (Fsp3) is 0.535. The number of carbonyl (C=O) groups is 3. The number of hydrogen-bond donors (Lipinski definition) is 0. The molecule has 0 fully saturated rings. The molecule has 0 bridgehead atoms. The van der Waals surface area contributed by atoms with Crippen molar-refractivity contribution in [3.8, 4) is 0 Å². The first-order valence-electron chi connectivity index (χ1n) is 30.3. The molecule has 0 N–H and O–H groups in total. The zero-order valence-corrected chi connectivity index (χ0v) is 48.9.